The van der Waals surface area contributed by atoms with Crippen molar-refractivity contribution in [2.45, 2.75) is 45.9 Å². The second kappa shape index (κ2) is 8.62. The maximum absolute atomic E-state index is 14.9. The fraction of sp³-hybridized carbons (Fsp3) is 0.360. The molecule has 4 aromatic rings. The molecular formula is C25H27F2N7O. The Kier molecular flexibility index (Phi) is 5.72. The van der Waals surface area contributed by atoms with Gasteiger partial charge in [0.1, 0.15) is 22.9 Å². The summed E-state index contributed by atoms with van der Waals surface area (Å²) in [4.78, 5) is 19.2. The molecule has 0 spiro atoms. The number of aliphatic hydroxyl groups is 1. The summed E-state index contributed by atoms with van der Waals surface area (Å²) in [6, 6.07) is 6.72. The van der Waals surface area contributed by atoms with Crippen LogP contribution >= 0.6 is 0 Å². The van der Waals surface area contributed by atoms with Crippen LogP contribution in [-0.2, 0) is 6.54 Å². The van der Waals surface area contributed by atoms with Crippen molar-refractivity contribution < 1.29 is 13.9 Å². The molecule has 0 unspecified atom stereocenters. The molecule has 35 heavy (non-hydrogen) atoms. The zero-order chi connectivity index (χ0) is 24.9. The molecule has 1 aliphatic rings. The number of aromatic nitrogens is 5. The normalized spacial score (nSPS) is 15.5. The minimum Gasteiger partial charge on any atom is -0.388 e. The SMILES string of the molecule is Cc1nc2c(F)cc(-c3nc(Nc4ccc(CN5CC(C)(O)C5)cn4)ncc3F)cc2n1C(C)C. The number of pyridine rings is 1. The van der Waals surface area contributed by atoms with Crippen LogP contribution in [0.4, 0.5) is 20.5 Å². The Labute approximate surface area is 201 Å². The highest BCUT2D eigenvalue weighted by Gasteiger charge is 2.36. The van der Waals surface area contributed by atoms with Gasteiger partial charge in [0.05, 0.1) is 17.3 Å². The van der Waals surface area contributed by atoms with E-state index in [1.807, 2.05) is 38.3 Å². The van der Waals surface area contributed by atoms with Gasteiger partial charge < -0.3 is 15.0 Å². The minimum absolute atomic E-state index is 0.0149. The first-order chi connectivity index (χ1) is 16.6. The van der Waals surface area contributed by atoms with Crippen molar-refractivity contribution in [2.24, 2.45) is 0 Å². The molecule has 5 rings (SSSR count). The summed E-state index contributed by atoms with van der Waals surface area (Å²) < 4.78 is 31.5. The number of benzene rings is 1. The Morgan fingerprint density at radius 2 is 1.86 bits per heavy atom. The van der Waals surface area contributed by atoms with E-state index in [9.17, 15) is 13.9 Å². The standard InChI is InChI=1S/C25H27F2N7O/c1-14(2)34-15(3)30-23-18(26)7-17(8-20(23)34)22-19(27)10-29-24(32-22)31-21-6-5-16(9-28-21)11-33-12-25(4,35)13-33/h5-10,14,35H,11-13H2,1-4H3,(H,28,29,31,32). The zero-order valence-corrected chi connectivity index (χ0v) is 20.0. The zero-order valence-electron chi connectivity index (χ0n) is 20.0. The smallest absolute Gasteiger partial charge is 0.229 e. The number of aryl methyl sites for hydroxylation is 1. The molecule has 0 bridgehead atoms. The van der Waals surface area contributed by atoms with Crippen LogP contribution in [-0.4, -0.2) is 53.2 Å². The van der Waals surface area contributed by atoms with E-state index >= 15 is 0 Å². The molecule has 4 heterocycles. The number of likely N-dealkylation sites (tertiary alicyclic amines) is 1. The lowest BCUT2D eigenvalue weighted by atomic mass is 9.96. The van der Waals surface area contributed by atoms with E-state index in [4.69, 9.17) is 0 Å². The molecule has 0 atom stereocenters. The Morgan fingerprint density at radius 3 is 2.51 bits per heavy atom. The van der Waals surface area contributed by atoms with Crippen molar-refractivity contribution in [3.63, 3.8) is 0 Å². The third kappa shape index (κ3) is 4.59. The van der Waals surface area contributed by atoms with E-state index < -0.39 is 17.2 Å². The van der Waals surface area contributed by atoms with Gasteiger partial charge in [-0.15, -0.1) is 0 Å². The first-order valence-electron chi connectivity index (χ1n) is 11.5. The van der Waals surface area contributed by atoms with Crippen molar-refractivity contribution in [1.29, 1.82) is 0 Å². The van der Waals surface area contributed by atoms with E-state index in [1.54, 1.807) is 18.3 Å². The van der Waals surface area contributed by atoms with Crippen LogP contribution < -0.4 is 5.32 Å². The van der Waals surface area contributed by atoms with Gasteiger partial charge in [0, 0.05) is 37.4 Å². The van der Waals surface area contributed by atoms with Gasteiger partial charge in [-0.25, -0.2) is 28.7 Å². The van der Waals surface area contributed by atoms with Crippen LogP contribution in [0.1, 0.15) is 38.2 Å². The summed E-state index contributed by atoms with van der Waals surface area (Å²) in [5.74, 6) is 0.140. The van der Waals surface area contributed by atoms with E-state index in [-0.39, 0.29) is 23.2 Å². The summed E-state index contributed by atoms with van der Waals surface area (Å²) in [6.45, 7) is 9.55. The highest BCUT2D eigenvalue weighted by molar-refractivity contribution is 5.83. The summed E-state index contributed by atoms with van der Waals surface area (Å²) in [5, 5.41) is 12.9. The minimum atomic E-state index is -0.657. The van der Waals surface area contributed by atoms with Crippen LogP contribution in [0.2, 0.25) is 0 Å². The Balaban J connectivity index is 1.39. The Morgan fingerprint density at radius 1 is 1.09 bits per heavy atom. The molecule has 2 N–H and O–H groups in total. The van der Waals surface area contributed by atoms with Gasteiger partial charge in [-0.1, -0.05) is 6.07 Å². The van der Waals surface area contributed by atoms with Crippen LogP contribution in [0.25, 0.3) is 22.3 Å². The number of halogens is 2. The van der Waals surface area contributed by atoms with Crippen molar-refractivity contribution in [3.8, 4) is 11.3 Å². The molecule has 0 amide bonds. The third-order valence-corrected chi connectivity index (χ3v) is 6.06. The monoisotopic (exact) mass is 479 g/mol. The van der Waals surface area contributed by atoms with E-state index in [1.165, 1.54) is 6.07 Å². The number of nitrogens with one attached hydrogen (secondary N) is 1. The number of hydrogen-bond donors (Lipinski definition) is 2. The molecule has 1 aromatic carbocycles. The highest BCUT2D eigenvalue weighted by Crippen LogP contribution is 2.30. The fourth-order valence-electron chi connectivity index (χ4n) is 4.68. The maximum atomic E-state index is 14.9. The lowest BCUT2D eigenvalue weighted by Gasteiger charge is -2.44. The number of rotatable bonds is 6. The van der Waals surface area contributed by atoms with Crippen molar-refractivity contribution in [3.05, 3.63) is 59.7 Å². The fourth-order valence-corrected chi connectivity index (χ4v) is 4.68. The number of β-amino-alcohol motifs (C(OH)–C–C–N with tert-alkyl or cyclic N) is 1. The largest absolute Gasteiger partial charge is 0.388 e. The lowest BCUT2D eigenvalue weighted by Crippen LogP contribution is -2.59. The van der Waals surface area contributed by atoms with Crippen LogP contribution in [0.5, 0.6) is 0 Å². The number of imidazole rings is 1. The Hall–Kier alpha value is -3.50. The van der Waals surface area contributed by atoms with E-state index in [2.05, 4.69) is 30.2 Å². The van der Waals surface area contributed by atoms with Crippen LogP contribution in [0.15, 0.2) is 36.7 Å². The predicted molar refractivity (Wildman–Crippen MR) is 129 cm³/mol. The first kappa shape index (κ1) is 23.3. The number of anilines is 2. The quantitative estimate of drug-likeness (QED) is 0.424. The summed E-state index contributed by atoms with van der Waals surface area (Å²) in [5.41, 5.74) is 1.51. The van der Waals surface area contributed by atoms with Gasteiger partial charge in [-0.3, -0.25) is 4.90 Å². The first-order valence-corrected chi connectivity index (χ1v) is 11.5. The second-order valence-electron chi connectivity index (χ2n) is 9.66. The van der Waals surface area contributed by atoms with Crippen LogP contribution in [0, 0.1) is 18.6 Å². The number of fused-ring (bicyclic) bond motifs is 1. The Bertz CT molecular complexity index is 1390. The molecule has 1 saturated heterocycles. The molecule has 10 heteroatoms. The predicted octanol–water partition coefficient (Wildman–Crippen LogP) is 4.37. The molecule has 0 aliphatic carbocycles. The van der Waals surface area contributed by atoms with E-state index in [0.717, 1.165) is 11.8 Å². The van der Waals surface area contributed by atoms with Crippen molar-refractivity contribution >= 4 is 22.8 Å². The molecule has 182 valence electrons. The van der Waals surface area contributed by atoms with Gasteiger partial charge in [-0.2, -0.15) is 0 Å². The summed E-state index contributed by atoms with van der Waals surface area (Å²) >= 11 is 0. The van der Waals surface area contributed by atoms with Gasteiger partial charge in [-0.05, 0) is 51.5 Å². The highest BCUT2D eigenvalue weighted by atomic mass is 19.1. The van der Waals surface area contributed by atoms with Crippen LogP contribution in [0.3, 0.4) is 0 Å². The summed E-state index contributed by atoms with van der Waals surface area (Å²) in [7, 11) is 0. The average molecular weight is 480 g/mol. The van der Waals surface area contributed by atoms with Gasteiger partial charge in [0.2, 0.25) is 5.95 Å². The third-order valence-electron chi connectivity index (χ3n) is 6.06. The second-order valence-corrected chi connectivity index (χ2v) is 9.66. The molecule has 1 fully saturated rings. The topological polar surface area (TPSA) is 92.0 Å². The molecule has 0 radical (unpaired) electrons. The number of hydrogen-bond acceptors (Lipinski definition) is 7. The van der Waals surface area contributed by atoms with Gasteiger partial charge in [0.25, 0.3) is 0 Å². The maximum Gasteiger partial charge on any atom is 0.229 e. The van der Waals surface area contributed by atoms with Crippen molar-refractivity contribution in [1.82, 2.24) is 29.4 Å². The molecule has 1 aliphatic heterocycles. The lowest BCUT2D eigenvalue weighted by molar-refractivity contribution is -0.0871. The molecule has 8 nitrogen and oxygen atoms in total. The average Bonchev–Trinajstić information content (AvgIpc) is 3.12. The molecule has 3 aromatic heterocycles. The number of nitrogens with zero attached hydrogens (tertiary/aromatic N) is 6. The molecular weight excluding hydrogens is 452 g/mol. The van der Waals surface area contributed by atoms with Gasteiger partial charge in [0.15, 0.2) is 11.6 Å². The van der Waals surface area contributed by atoms with E-state index in [0.29, 0.717) is 42.4 Å². The molecule has 0 saturated carbocycles. The van der Waals surface area contributed by atoms with Gasteiger partial charge >= 0.3 is 0 Å². The summed E-state index contributed by atoms with van der Waals surface area (Å²) in [6.07, 6.45) is 2.79. The van der Waals surface area contributed by atoms with Crippen molar-refractivity contribution in [2.75, 3.05) is 18.4 Å².